The summed E-state index contributed by atoms with van der Waals surface area (Å²) < 4.78 is 27.3. The van der Waals surface area contributed by atoms with Crippen LogP contribution in [0.15, 0.2) is 42.5 Å². The molecule has 1 amide bonds. The molecule has 0 aliphatic heterocycles. The zero-order valence-corrected chi connectivity index (χ0v) is 11.6. The van der Waals surface area contributed by atoms with Crippen LogP contribution < -0.4 is 11.1 Å². The average Bonchev–Trinajstić information content (AvgIpc) is 2.50. The second-order valence-electron chi connectivity index (χ2n) is 4.85. The Morgan fingerprint density at radius 1 is 1.19 bits per heavy atom. The number of amides is 1. The highest BCUT2D eigenvalue weighted by Gasteiger charge is 2.20. The van der Waals surface area contributed by atoms with E-state index in [1.807, 2.05) is 37.3 Å². The summed E-state index contributed by atoms with van der Waals surface area (Å²) in [4.78, 5) is 11.9. The van der Waals surface area contributed by atoms with E-state index in [2.05, 4.69) is 5.32 Å². The first kappa shape index (κ1) is 15.0. The maximum absolute atomic E-state index is 13.7. The predicted octanol–water partition coefficient (Wildman–Crippen LogP) is 3.08. The van der Waals surface area contributed by atoms with Gasteiger partial charge in [0.15, 0.2) is 5.82 Å². The molecule has 1 unspecified atom stereocenters. The lowest BCUT2D eigenvalue weighted by Gasteiger charge is -2.14. The van der Waals surface area contributed by atoms with E-state index < -0.39 is 23.1 Å². The summed E-state index contributed by atoms with van der Waals surface area (Å²) in [6.07, 6.45) is 0. The van der Waals surface area contributed by atoms with Gasteiger partial charge in [-0.2, -0.15) is 0 Å². The SMILES string of the molecule is CC(CNC(=O)c1c(F)ccc(N)c1F)c1ccccc1. The Kier molecular flexibility index (Phi) is 4.52. The quantitative estimate of drug-likeness (QED) is 0.850. The fraction of sp³-hybridized carbons (Fsp3) is 0.188. The van der Waals surface area contributed by atoms with E-state index >= 15 is 0 Å². The lowest BCUT2D eigenvalue weighted by Crippen LogP contribution is -2.29. The van der Waals surface area contributed by atoms with Gasteiger partial charge in [-0.3, -0.25) is 4.79 Å². The van der Waals surface area contributed by atoms with Crippen molar-refractivity contribution in [2.75, 3.05) is 12.3 Å². The summed E-state index contributed by atoms with van der Waals surface area (Å²) in [6.45, 7) is 2.19. The molecule has 2 rings (SSSR count). The average molecular weight is 290 g/mol. The van der Waals surface area contributed by atoms with Crippen molar-refractivity contribution in [2.45, 2.75) is 12.8 Å². The van der Waals surface area contributed by atoms with Gasteiger partial charge in [-0.1, -0.05) is 37.3 Å². The van der Waals surface area contributed by atoms with Crippen molar-refractivity contribution in [3.05, 3.63) is 65.2 Å². The molecule has 0 saturated carbocycles. The van der Waals surface area contributed by atoms with Crippen LogP contribution in [0, 0.1) is 11.6 Å². The second kappa shape index (κ2) is 6.35. The molecule has 0 aliphatic rings. The van der Waals surface area contributed by atoms with E-state index in [1.165, 1.54) is 0 Å². The van der Waals surface area contributed by atoms with Crippen LogP contribution in [0.1, 0.15) is 28.8 Å². The molecule has 3 nitrogen and oxygen atoms in total. The Morgan fingerprint density at radius 2 is 1.86 bits per heavy atom. The third-order valence-electron chi connectivity index (χ3n) is 3.29. The Labute approximate surface area is 121 Å². The third kappa shape index (κ3) is 3.37. The number of nitrogens with one attached hydrogen (secondary N) is 1. The maximum Gasteiger partial charge on any atom is 0.257 e. The van der Waals surface area contributed by atoms with Crippen molar-refractivity contribution < 1.29 is 13.6 Å². The van der Waals surface area contributed by atoms with Crippen LogP contribution in [0.5, 0.6) is 0 Å². The van der Waals surface area contributed by atoms with Crippen LogP contribution in [0.25, 0.3) is 0 Å². The molecule has 0 saturated heterocycles. The summed E-state index contributed by atoms with van der Waals surface area (Å²) >= 11 is 0. The van der Waals surface area contributed by atoms with Crippen LogP contribution >= 0.6 is 0 Å². The van der Waals surface area contributed by atoms with Gasteiger partial charge >= 0.3 is 0 Å². The number of carbonyl (C=O) groups is 1. The van der Waals surface area contributed by atoms with Crippen LogP contribution in [0.2, 0.25) is 0 Å². The summed E-state index contributed by atoms with van der Waals surface area (Å²) in [5, 5.41) is 2.53. The molecule has 2 aromatic carbocycles. The molecule has 0 aliphatic carbocycles. The number of hydrogen-bond donors (Lipinski definition) is 2. The highest BCUT2D eigenvalue weighted by atomic mass is 19.1. The highest BCUT2D eigenvalue weighted by molar-refractivity contribution is 5.95. The normalized spacial score (nSPS) is 12.0. The molecule has 3 N–H and O–H groups in total. The molecule has 0 radical (unpaired) electrons. The Bertz CT molecular complexity index is 644. The fourth-order valence-corrected chi connectivity index (χ4v) is 2.01. The van der Waals surface area contributed by atoms with Gasteiger partial charge in [-0.25, -0.2) is 8.78 Å². The van der Waals surface area contributed by atoms with Crippen LogP contribution in [0.4, 0.5) is 14.5 Å². The van der Waals surface area contributed by atoms with Crippen LogP contribution in [-0.4, -0.2) is 12.5 Å². The first-order chi connectivity index (χ1) is 10.0. The van der Waals surface area contributed by atoms with Crippen LogP contribution in [0.3, 0.4) is 0 Å². The molecule has 0 bridgehead atoms. The highest BCUT2D eigenvalue weighted by Crippen LogP contribution is 2.19. The molecule has 5 heteroatoms. The minimum Gasteiger partial charge on any atom is -0.396 e. The Morgan fingerprint density at radius 3 is 2.52 bits per heavy atom. The minimum atomic E-state index is -1.03. The van der Waals surface area contributed by atoms with Crippen molar-refractivity contribution in [1.82, 2.24) is 5.32 Å². The first-order valence-electron chi connectivity index (χ1n) is 6.57. The number of anilines is 1. The standard InChI is InChI=1S/C16H16F2N2O/c1-10(11-5-3-2-4-6-11)9-20-16(21)14-12(17)7-8-13(19)15(14)18/h2-8,10H,9,19H2,1H3,(H,20,21). The van der Waals surface area contributed by atoms with Crippen molar-refractivity contribution in [3.63, 3.8) is 0 Å². The van der Waals surface area contributed by atoms with Gasteiger partial charge in [0.2, 0.25) is 0 Å². The Hall–Kier alpha value is -2.43. The summed E-state index contributed by atoms with van der Waals surface area (Å²) in [5.41, 5.74) is 5.49. The van der Waals surface area contributed by atoms with Gasteiger partial charge in [0, 0.05) is 6.54 Å². The van der Waals surface area contributed by atoms with Gasteiger partial charge in [0.25, 0.3) is 5.91 Å². The molecule has 0 aromatic heterocycles. The molecule has 0 heterocycles. The summed E-state index contributed by atoms with van der Waals surface area (Å²) in [6, 6.07) is 11.6. The number of rotatable bonds is 4. The van der Waals surface area contributed by atoms with E-state index in [4.69, 9.17) is 5.73 Å². The lowest BCUT2D eigenvalue weighted by atomic mass is 10.0. The monoisotopic (exact) mass is 290 g/mol. The van der Waals surface area contributed by atoms with E-state index in [0.29, 0.717) is 0 Å². The number of hydrogen-bond acceptors (Lipinski definition) is 2. The molecule has 21 heavy (non-hydrogen) atoms. The number of halogens is 2. The number of nitrogens with two attached hydrogens (primary N) is 1. The zero-order valence-electron chi connectivity index (χ0n) is 11.6. The van der Waals surface area contributed by atoms with E-state index in [-0.39, 0.29) is 18.2 Å². The summed E-state index contributed by atoms with van der Waals surface area (Å²) in [5.74, 6) is -2.73. The summed E-state index contributed by atoms with van der Waals surface area (Å²) in [7, 11) is 0. The second-order valence-corrected chi connectivity index (χ2v) is 4.85. The molecule has 110 valence electrons. The fourth-order valence-electron chi connectivity index (χ4n) is 2.01. The van der Waals surface area contributed by atoms with Crippen molar-refractivity contribution >= 4 is 11.6 Å². The minimum absolute atomic E-state index is 0.0299. The van der Waals surface area contributed by atoms with Gasteiger partial charge in [-0.05, 0) is 23.6 Å². The molecule has 1 atom stereocenters. The van der Waals surface area contributed by atoms with Gasteiger partial charge < -0.3 is 11.1 Å². The number of carbonyl (C=O) groups excluding carboxylic acids is 1. The van der Waals surface area contributed by atoms with E-state index in [0.717, 1.165) is 17.7 Å². The maximum atomic E-state index is 13.7. The zero-order chi connectivity index (χ0) is 15.4. The van der Waals surface area contributed by atoms with E-state index in [9.17, 15) is 13.6 Å². The molecule has 0 fully saturated rings. The number of nitrogen functional groups attached to an aromatic ring is 1. The lowest BCUT2D eigenvalue weighted by molar-refractivity contribution is 0.0943. The van der Waals surface area contributed by atoms with Gasteiger partial charge in [-0.15, -0.1) is 0 Å². The smallest absolute Gasteiger partial charge is 0.257 e. The van der Waals surface area contributed by atoms with Crippen LogP contribution in [-0.2, 0) is 0 Å². The van der Waals surface area contributed by atoms with Gasteiger partial charge in [0.1, 0.15) is 11.4 Å². The van der Waals surface area contributed by atoms with Crippen molar-refractivity contribution in [3.8, 4) is 0 Å². The van der Waals surface area contributed by atoms with E-state index in [1.54, 1.807) is 0 Å². The first-order valence-corrected chi connectivity index (χ1v) is 6.57. The van der Waals surface area contributed by atoms with Gasteiger partial charge in [0.05, 0.1) is 5.69 Å². The molecular weight excluding hydrogens is 274 g/mol. The molecule has 0 spiro atoms. The molecular formula is C16H16F2N2O. The van der Waals surface area contributed by atoms with Crippen molar-refractivity contribution in [1.29, 1.82) is 0 Å². The van der Waals surface area contributed by atoms with Crippen molar-refractivity contribution in [2.24, 2.45) is 0 Å². The number of benzene rings is 2. The topological polar surface area (TPSA) is 55.1 Å². The predicted molar refractivity (Wildman–Crippen MR) is 78.0 cm³/mol. The molecule has 2 aromatic rings. The largest absolute Gasteiger partial charge is 0.396 e. The Balaban J connectivity index is 2.08. The third-order valence-corrected chi connectivity index (χ3v) is 3.29.